The maximum atomic E-state index is 5.23. The molecule has 294 valence electrons. The van der Waals surface area contributed by atoms with E-state index in [-0.39, 0.29) is 0 Å². The molecule has 12 rings (SSSR count). The molecule has 0 bridgehead atoms. The summed E-state index contributed by atoms with van der Waals surface area (Å²) in [5.74, 6) is 1.90. The van der Waals surface area contributed by atoms with Gasteiger partial charge < -0.3 is 4.57 Å². The first-order chi connectivity index (χ1) is 31.2. The third kappa shape index (κ3) is 6.53. The first kappa shape index (κ1) is 36.4. The Labute approximate surface area is 365 Å². The third-order valence-electron chi connectivity index (χ3n) is 12.3. The molecule has 63 heavy (non-hydrogen) atoms. The highest BCUT2D eigenvalue weighted by molar-refractivity contribution is 6.09. The molecular formula is C59H38N4. The lowest BCUT2D eigenvalue weighted by Crippen LogP contribution is -2.01. The summed E-state index contributed by atoms with van der Waals surface area (Å²) in [5.41, 5.74) is 13.4. The van der Waals surface area contributed by atoms with Gasteiger partial charge in [0.15, 0.2) is 17.5 Å². The zero-order valence-corrected chi connectivity index (χ0v) is 34.2. The van der Waals surface area contributed by atoms with Crippen LogP contribution in [0.25, 0.3) is 117 Å². The Bertz CT molecular complexity index is 3590. The van der Waals surface area contributed by atoms with Gasteiger partial charge in [-0.1, -0.05) is 188 Å². The minimum atomic E-state index is 0.630. The molecule has 4 heteroatoms. The van der Waals surface area contributed by atoms with E-state index in [1.165, 1.54) is 49.6 Å². The highest BCUT2D eigenvalue weighted by Gasteiger charge is 2.17. The van der Waals surface area contributed by atoms with Gasteiger partial charge in [0.25, 0.3) is 0 Å². The van der Waals surface area contributed by atoms with Crippen LogP contribution >= 0.6 is 0 Å². The van der Waals surface area contributed by atoms with Crippen LogP contribution in [0.5, 0.6) is 0 Å². The van der Waals surface area contributed by atoms with Crippen LogP contribution in [-0.4, -0.2) is 19.5 Å². The fraction of sp³-hybridized carbons (Fsp3) is 0. The van der Waals surface area contributed by atoms with Gasteiger partial charge in [-0.3, -0.25) is 0 Å². The van der Waals surface area contributed by atoms with Crippen LogP contribution in [0.2, 0.25) is 0 Å². The average molecular weight is 803 g/mol. The molecule has 0 fully saturated rings. The number of para-hydroxylation sites is 2. The highest BCUT2D eigenvalue weighted by atomic mass is 15.0. The van der Waals surface area contributed by atoms with E-state index in [1.807, 2.05) is 6.07 Å². The van der Waals surface area contributed by atoms with Crippen LogP contribution in [0.4, 0.5) is 0 Å². The second-order valence-electron chi connectivity index (χ2n) is 16.0. The number of aromatic nitrogens is 4. The van der Waals surface area contributed by atoms with Crippen molar-refractivity contribution < 1.29 is 0 Å². The molecule has 0 spiro atoms. The Morgan fingerprint density at radius 3 is 1.32 bits per heavy atom. The van der Waals surface area contributed by atoms with Crippen molar-refractivity contribution in [3.05, 3.63) is 231 Å². The molecule has 0 aliphatic rings. The van der Waals surface area contributed by atoms with Crippen LogP contribution in [-0.2, 0) is 0 Å². The molecule has 0 saturated carbocycles. The average Bonchev–Trinajstić information content (AvgIpc) is 3.70. The summed E-state index contributed by atoms with van der Waals surface area (Å²) < 4.78 is 2.36. The van der Waals surface area contributed by atoms with Gasteiger partial charge in [-0.05, 0) is 97.4 Å². The van der Waals surface area contributed by atoms with Crippen LogP contribution in [0.1, 0.15) is 0 Å². The maximum absolute atomic E-state index is 5.23. The van der Waals surface area contributed by atoms with E-state index in [0.717, 1.165) is 49.5 Å². The topological polar surface area (TPSA) is 43.6 Å². The lowest BCUT2D eigenvalue weighted by atomic mass is 9.94. The van der Waals surface area contributed by atoms with E-state index >= 15 is 0 Å². The molecule has 0 atom stereocenters. The minimum absolute atomic E-state index is 0.630. The van der Waals surface area contributed by atoms with E-state index in [2.05, 4.69) is 229 Å². The fourth-order valence-electron chi connectivity index (χ4n) is 9.13. The molecule has 0 amide bonds. The summed E-state index contributed by atoms with van der Waals surface area (Å²) in [6.07, 6.45) is 0. The van der Waals surface area contributed by atoms with E-state index in [4.69, 9.17) is 15.0 Å². The van der Waals surface area contributed by atoms with Gasteiger partial charge in [0, 0.05) is 33.2 Å². The van der Waals surface area contributed by atoms with Gasteiger partial charge in [-0.25, -0.2) is 15.0 Å². The molecule has 0 aliphatic heterocycles. The van der Waals surface area contributed by atoms with Crippen molar-refractivity contribution in [1.29, 1.82) is 0 Å². The maximum Gasteiger partial charge on any atom is 0.164 e. The monoisotopic (exact) mass is 802 g/mol. The van der Waals surface area contributed by atoms with Crippen LogP contribution in [0, 0.1) is 0 Å². The van der Waals surface area contributed by atoms with Crippen molar-refractivity contribution in [1.82, 2.24) is 19.5 Å². The summed E-state index contributed by atoms with van der Waals surface area (Å²) in [7, 11) is 0. The largest absolute Gasteiger partial charge is 0.309 e. The van der Waals surface area contributed by atoms with E-state index in [0.29, 0.717) is 17.5 Å². The van der Waals surface area contributed by atoms with Crippen molar-refractivity contribution in [3.8, 4) is 73.2 Å². The number of hydrogen-bond donors (Lipinski definition) is 0. The van der Waals surface area contributed by atoms with Gasteiger partial charge in [-0.15, -0.1) is 0 Å². The normalized spacial score (nSPS) is 11.5. The number of hydrogen-bond acceptors (Lipinski definition) is 3. The second-order valence-corrected chi connectivity index (χ2v) is 16.0. The molecule has 12 aromatic rings. The predicted molar refractivity (Wildman–Crippen MR) is 262 cm³/mol. The van der Waals surface area contributed by atoms with Crippen molar-refractivity contribution in [2.75, 3.05) is 0 Å². The molecule has 0 radical (unpaired) electrons. The van der Waals surface area contributed by atoms with Crippen LogP contribution in [0.3, 0.4) is 0 Å². The molecule has 4 nitrogen and oxygen atoms in total. The van der Waals surface area contributed by atoms with Crippen molar-refractivity contribution in [2.45, 2.75) is 0 Å². The zero-order chi connectivity index (χ0) is 41.7. The zero-order valence-electron chi connectivity index (χ0n) is 34.2. The Kier molecular flexibility index (Phi) is 8.79. The van der Waals surface area contributed by atoms with E-state index in [1.54, 1.807) is 0 Å². The summed E-state index contributed by atoms with van der Waals surface area (Å²) in [6.45, 7) is 0. The van der Waals surface area contributed by atoms with Crippen molar-refractivity contribution >= 4 is 43.4 Å². The van der Waals surface area contributed by atoms with Crippen LogP contribution < -0.4 is 0 Å². The van der Waals surface area contributed by atoms with Gasteiger partial charge in [-0.2, -0.15) is 0 Å². The highest BCUT2D eigenvalue weighted by Crippen LogP contribution is 2.37. The van der Waals surface area contributed by atoms with E-state index in [9.17, 15) is 0 Å². The lowest BCUT2D eigenvalue weighted by molar-refractivity contribution is 1.08. The summed E-state index contributed by atoms with van der Waals surface area (Å²) in [5, 5.41) is 7.04. The van der Waals surface area contributed by atoms with Gasteiger partial charge in [0.2, 0.25) is 0 Å². The van der Waals surface area contributed by atoms with Crippen molar-refractivity contribution in [3.63, 3.8) is 0 Å². The quantitative estimate of drug-likeness (QED) is 0.161. The molecule has 2 heterocycles. The van der Waals surface area contributed by atoms with Gasteiger partial charge in [0.05, 0.1) is 11.0 Å². The second kappa shape index (κ2) is 15.2. The number of rotatable bonds is 7. The first-order valence-electron chi connectivity index (χ1n) is 21.3. The minimum Gasteiger partial charge on any atom is -0.309 e. The molecule has 0 N–H and O–H groups in total. The molecule has 10 aromatic carbocycles. The lowest BCUT2D eigenvalue weighted by Gasteiger charge is -2.13. The summed E-state index contributed by atoms with van der Waals surface area (Å²) >= 11 is 0. The Morgan fingerprint density at radius 2 is 0.667 bits per heavy atom. The smallest absolute Gasteiger partial charge is 0.164 e. The molecular weight excluding hydrogens is 765 g/mol. The van der Waals surface area contributed by atoms with E-state index < -0.39 is 0 Å². The van der Waals surface area contributed by atoms with Gasteiger partial charge in [0.1, 0.15) is 0 Å². The van der Waals surface area contributed by atoms with Gasteiger partial charge >= 0.3 is 0 Å². The van der Waals surface area contributed by atoms with Crippen LogP contribution in [0.15, 0.2) is 231 Å². The predicted octanol–water partition coefficient (Wildman–Crippen LogP) is 15.3. The standard InChI is InChI=1S/C59H38N4/c1-3-13-39(14-4-1)40-23-25-43(26-24-40)57-60-58(62-59(61-57)54-36-35-49(42-15-5-2-6-16-42)50-17-7-8-18-51(50)54)47-30-29-45-37-44(27-28-46(45)38-47)41-31-33-48(34-32-41)63-55-21-11-9-19-52(55)53-20-10-12-22-56(53)63/h1-38H. The molecule has 0 aliphatic carbocycles. The molecule has 2 aromatic heterocycles. The molecule has 0 unspecified atom stereocenters. The third-order valence-corrected chi connectivity index (χ3v) is 12.3. The SMILES string of the molecule is c1ccc(-c2ccc(-c3nc(-c4ccc5cc(-c6ccc(-n7c8ccccc8c8ccccc87)cc6)ccc5c4)nc(-c4ccc(-c5ccccc5)c5ccccc45)n3)cc2)cc1. The Morgan fingerprint density at radius 1 is 0.254 bits per heavy atom. The number of nitrogens with zero attached hydrogens (tertiary/aromatic N) is 4. The summed E-state index contributed by atoms with van der Waals surface area (Å²) in [4.78, 5) is 15.6. The molecule has 0 saturated heterocycles. The Balaban J connectivity index is 0.930. The van der Waals surface area contributed by atoms with Crippen molar-refractivity contribution in [2.24, 2.45) is 0 Å². The number of fused-ring (bicyclic) bond motifs is 5. The summed E-state index contributed by atoms with van der Waals surface area (Å²) in [6, 6.07) is 81.7. The fourth-order valence-corrected chi connectivity index (χ4v) is 9.13. The Hall–Kier alpha value is -8.47. The number of benzene rings is 10. The first-order valence-corrected chi connectivity index (χ1v) is 21.3.